The highest BCUT2D eigenvalue weighted by molar-refractivity contribution is 7.09. The quantitative estimate of drug-likeness (QED) is 0.750. The van der Waals surface area contributed by atoms with E-state index in [-0.39, 0.29) is 0 Å². The highest BCUT2D eigenvalue weighted by Crippen LogP contribution is 2.13. The molecule has 6 heteroatoms. The Bertz CT molecular complexity index is 590. The summed E-state index contributed by atoms with van der Waals surface area (Å²) in [5, 5.41) is 2.01. The maximum atomic E-state index is 5.46. The molecule has 0 aliphatic rings. The lowest BCUT2D eigenvalue weighted by atomic mass is 10.5. The summed E-state index contributed by atoms with van der Waals surface area (Å²) in [6.07, 6.45) is 3.25. The number of fused-ring (bicyclic) bond motifs is 1. The Kier molecular flexibility index (Phi) is 2.26. The molecule has 5 nitrogen and oxygen atoms in total. The van der Waals surface area contributed by atoms with E-state index in [9.17, 15) is 0 Å². The largest absolute Gasteiger partial charge is 0.458 e. The fraction of sp³-hybridized carbons (Fsp3) is 0.100. The Hall–Kier alpha value is -1.95. The second-order valence-electron chi connectivity index (χ2n) is 3.16. The van der Waals surface area contributed by atoms with Crippen molar-refractivity contribution in [2.75, 3.05) is 0 Å². The third-order valence-corrected chi connectivity index (χ3v) is 2.93. The third-order valence-electron chi connectivity index (χ3n) is 2.08. The van der Waals surface area contributed by atoms with Crippen molar-refractivity contribution in [3.8, 4) is 6.01 Å². The molecule has 0 spiro atoms. The Morgan fingerprint density at radius 1 is 1.38 bits per heavy atom. The molecule has 80 valence electrons. The van der Waals surface area contributed by atoms with Gasteiger partial charge in [-0.1, -0.05) is 6.07 Å². The minimum atomic E-state index is 0.355. The number of ether oxygens (including phenoxy) is 1. The number of thiophene rings is 1. The number of hydrogen-bond acceptors (Lipinski definition) is 5. The molecule has 3 aromatic rings. The Balaban J connectivity index is 1.78. The summed E-state index contributed by atoms with van der Waals surface area (Å²) in [5.41, 5.74) is 1.43. The first-order valence-corrected chi connectivity index (χ1v) is 5.61. The van der Waals surface area contributed by atoms with Crippen LogP contribution in [-0.4, -0.2) is 19.9 Å². The zero-order chi connectivity index (χ0) is 10.8. The van der Waals surface area contributed by atoms with Gasteiger partial charge < -0.3 is 9.72 Å². The highest BCUT2D eigenvalue weighted by atomic mass is 32.1. The maximum absolute atomic E-state index is 5.46. The minimum absolute atomic E-state index is 0.355. The van der Waals surface area contributed by atoms with Crippen LogP contribution in [0.4, 0.5) is 0 Å². The van der Waals surface area contributed by atoms with Gasteiger partial charge in [0.2, 0.25) is 0 Å². The van der Waals surface area contributed by atoms with E-state index in [0.717, 1.165) is 10.4 Å². The number of H-pyrrole nitrogens is 1. The first-order chi connectivity index (χ1) is 7.92. The molecule has 0 radical (unpaired) electrons. The summed E-state index contributed by atoms with van der Waals surface area (Å²) in [4.78, 5) is 16.4. The monoisotopic (exact) mass is 232 g/mol. The van der Waals surface area contributed by atoms with Crippen LogP contribution in [0.25, 0.3) is 11.2 Å². The van der Waals surface area contributed by atoms with Crippen LogP contribution in [-0.2, 0) is 6.61 Å². The molecular weight excluding hydrogens is 224 g/mol. The average Bonchev–Trinajstić information content (AvgIpc) is 2.97. The summed E-state index contributed by atoms with van der Waals surface area (Å²) in [6.45, 7) is 0.494. The van der Waals surface area contributed by atoms with Crippen molar-refractivity contribution in [1.82, 2.24) is 19.9 Å². The van der Waals surface area contributed by atoms with E-state index in [2.05, 4.69) is 19.9 Å². The van der Waals surface area contributed by atoms with E-state index in [1.54, 1.807) is 23.9 Å². The van der Waals surface area contributed by atoms with Gasteiger partial charge in [0.05, 0.1) is 12.5 Å². The number of aromatic nitrogens is 4. The summed E-state index contributed by atoms with van der Waals surface area (Å²) >= 11 is 1.65. The predicted molar refractivity (Wildman–Crippen MR) is 60.3 cm³/mol. The standard InChI is InChI=1S/C10H8N4OS/c1-2-7(16-3-1)5-15-10-11-4-8-9(14-10)13-6-12-8/h1-4,6H,5H2,(H,11,12,13,14). The van der Waals surface area contributed by atoms with Crippen LogP contribution < -0.4 is 4.74 Å². The summed E-state index contributed by atoms with van der Waals surface area (Å²) in [7, 11) is 0. The molecule has 0 aromatic carbocycles. The number of imidazole rings is 1. The van der Waals surface area contributed by atoms with Crippen molar-refractivity contribution in [2.24, 2.45) is 0 Å². The zero-order valence-corrected chi connectivity index (χ0v) is 9.07. The number of nitrogens with zero attached hydrogens (tertiary/aromatic N) is 3. The van der Waals surface area contributed by atoms with Gasteiger partial charge in [-0.3, -0.25) is 0 Å². The van der Waals surface area contributed by atoms with Crippen LogP contribution in [0, 0.1) is 0 Å². The van der Waals surface area contributed by atoms with Crippen LogP contribution >= 0.6 is 11.3 Å². The Morgan fingerprint density at radius 2 is 2.38 bits per heavy atom. The number of aromatic amines is 1. The zero-order valence-electron chi connectivity index (χ0n) is 8.25. The van der Waals surface area contributed by atoms with E-state index in [4.69, 9.17) is 4.74 Å². The van der Waals surface area contributed by atoms with Gasteiger partial charge in [-0.25, -0.2) is 9.97 Å². The normalized spacial score (nSPS) is 10.8. The van der Waals surface area contributed by atoms with Crippen molar-refractivity contribution >= 4 is 22.5 Å². The van der Waals surface area contributed by atoms with Crippen LogP contribution in [0.5, 0.6) is 6.01 Å². The summed E-state index contributed by atoms with van der Waals surface area (Å²) in [6, 6.07) is 4.35. The van der Waals surface area contributed by atoms with Crippen LogP contribution in [0.2, 0.25) is 0 Å². The van der Waals surface area contributed by atoms with Crippen molar-refractivity contribution < 1.29 is 4.74 Å². The van der Waals surface area contributed by atoms with E-state index in [1.165, 1.54) is 0 Å². The molecule has 0 fully saturated rings. The fourth-order valence-corrected chi connectivity index (χ4v) is 1.94. The lowest BCUT2D eigenvalue weighted by molar-refractivity contribution is 0.285. The van der Waals surface area contributed by atoms with Crippen LogP contribution in [0.15, 0.2) is 30.0 Å². The minimum Gasteiger partial charge on any atom is -0.458 e. The lowest BCUT2D eigenvalue weighted by Gasteiger charge is -2.01. The van der Waals surface area contributed by atoms with Crippen molar-refractivity contribution in [3.63, 3.8) is 0 Å². The molecule has 1 N–H and O–H groups in total. The summed E-state index contributed by atoms with van der Waals surface area (Å²) < 4.78 is 5.46. The number of rotatable bonds is 3. The van der Waals surface area contributed by atoms with Gasteiger partial charge in [-0.05, 0) is 11.4 Å². The Morgan fingerprint density at radius 3 is 3.25 bits per heavy atom. The molecule has 16 heavy (non-hydrogen) atoms. The lowest BCUT2D eigenvalue weighted by Crippen LogP contribution is -1.97. The molecule has 0 aliphatic heterocycles. The molecular formula is C10H8N4OS. The molecule has 3 heterocycles. The molecule has 0 unspecified atom stereocenters. The Labute approximate surface area is 95.2 Å². The molecule has 3 rings (SSSR count). The van der Waals surface area contributed by atoms with Gasteiger partial charge in [0.25, 0.3) is 0 Å². The van der Waals surface area contributed by atoms with Crippen LogP contribution in [0.3, 0.4) is 0 Å². The number of nitrogens with one attached hydrogen (secondary N) is 1. The first-order valence-electron chi connectivity index (χ1n) is 4.73. The molecule has 3 aromatic heterocycles. The van der Waals surface area contributed by atoms with E-state index < -0.39 is 0 Å². The average molecular weight is 232 g/mol. The van der Waals surface area contributed by atoms with E-state index in [0.29, 0.717) is 18.3 Å². The molecule has 0 bridgehead atoms. The number of hydrogen-bond donors (Lipinski definition) is 1. The van der Waals surface area contributed by atoms with Crippen LogP contribution in [0.1, 0.15) is 4.88 Å². The van der Waals surface area contributed by atoms with Gasteiger partial charge >= 0.3 is 6.01 Å². The first kappa shape index (κ1) is 9.29. The second-order valence-corrected chi connectivity index (χ2v) is 4.19. The molecule has 0 amide bonds. The van der Waals surface area contributed by atoms with Gasteiger partial charge in [-0.2, -0.15) is 4.98 Å². The van der Waals surface area contributed by atoms with Gasteiger partial charge in [0.1, 0.15) is 12.1 Å². The predicted octanol–water partition coefficient (Wildman–Crippen LogP) is 1.99. The van der Waals surface area contributed by atoms with Gasteiger partial charge in [-0.15, -0.1) is 11.3 Å². The summed E-state index contributed by atoms with van der Waals surface area (Å²) in [5.74, 6) is 0. The fourth-order valence-electron chi connectivity index (χ4n) is 1.32. The second kappa shape index (κ2) is 3.90. The van der Waals surface area contributed by atoms with Crippen molar-refractivity contribution in [3.05, 3.63) is 34.9 Å². The van der Waals surface area contributed by atoms with E-state index >= 15 is 0 Å². The molecule has 0 saturated heterocycles. The molecule has 0 saturated carbocycles. The van der Waals surface area contributed by atoms with Gasteiger partial charge in [0.15, 0.2) is 5.65 Å². The van der Waals surface area contributed by atoms with E-state index in [1.807, 2.05) is 17.5 Å². The smallest absolute Gasteiger partial charge is 0.318 e. The third kappa shape index (κ3) is 1.74. The topological polar surface area (TPSA) is 63.7 Å². The molecule has 0 atom stereocenters. The SMILES string of the molecule is c1csc(COc2ncc3[nH]cnc3n2)c1. The highest BCUT2D eigenvalue weighted by Gasteiger charge is 2.03. The van der Waals surface area contributed by atoms with Crippen molar-refractivity contribution in [1.29, 1.82) is 0 Å². The van der Waals surface area contributed by atoms with Crippen molar-refractivity contribution in [2.45, 2.75) is 6.61 Å². The van der Waals surface area contributed by atoms with Gasteiger partial charge in [0, 0.05) is 4.88 Å². The maximum Gasteiger partial charge on any atom is 0.318 e. The molecule has 0 aliphatic carbocycles.